The average Bonchev–Trinajstić information content (AvgIpc) is 2.45. The second-order valence-electron chi connectivity index (χ2n) is 5.50. The number of piperidine rings is 1. The number of halogens is 1. The zero-order valence-corrected chi connectivity index (χ0v) is 13.2. The zero-order valence-electron chi connectivity index (χ0n) is 12.5. The summed E-state index contributed by atoms with van der Waals surface area (Å²) in [5, 5.41) is 4.26. The number of likely N-dealkylation sites (tertiary alicyclic amines) is 1. The van der Waals surface area contributed by atoms with E-state index in [0.717, 1.165) is 36.0 Å². The lowest BCUT2D eigenvalue weighted by Crippen LogP contribution is -2.40. The first kappa shape index (κ1) is 15.5. The van der Waals surface area contributed by atoms with Crippen LogP contribution in [-0.2, 0) is 0 Å². The van der Waals surface area contributed by atoms with Gasteiger partial charge < -0.3 is 15.0 Å². The molecule has 1 aromatic rings. The molecule has 0 aromatic heterocycles. The molecule has 0 aliphatic carbocycles. The van der Waals surface area contributed by atoms with Crippen LogP contribution in [-0.4, -0.2) is 37.7 Å². The normalized spacial score (nSPS) is 19.9. The number of likely N-dealkylation sites (N-methyl/N-ethyl adjacent to an activating group) is 1. The third-order valence-corrected chi connectivity index (χ3v) is 4.09. The molecule has 1 unspecified atom stereocenters. The van der Waals surface area contributed by atoms with E-state index in [-0.39, 0.29) is 0 Å². The molecule has 1 aromatic carbocycles. The van der Waals surface area contributed by atoms with Gasteiger partial charge >= 0.3 is 0 Å². The number of hydrogen-bond donors (Lipinski definition) is 1. The van der Waals surface area contributed by atoms with Crippen LogP contribution >= 0.6 is 11.6 Å². The molecule has 0 spiro atoms. The van der Waals surface area contributed by atoms with Crippen LogP contribution in [0.2, 0.25) is 5.02 Å². The molecule has 1 heterocycles. The predicted octanol–water partition coefficient (Wildman–Crippen LogP) is 4.03. The van der Waals surface area contributed by atoms with Crippen molar-refractivity contribution in [3.63, 3.8) is 0 Å². The van der Waals surface area contributed by atoms with E-state index in [0.29, 0.717) is 6.04 Å². The molecule has 1 aliphatic heterocycles. The Balaban J connectivity index is 1.98. The molecule has 0 saturated carbocycles. The first-order valence-electron chi connectivity index (χ1n) is 7.57. The molecule has 1 saturated heterocycles. The summed E-state index contributed by atoms with van der Waals surface area (Å²) in [4.78, 5) is 2.44. The number of anilines is 1. The smallest absolute Gasteiger partial charge is 0.142 e. The lowest BCUT2D eigenvalue weighted by Gasteiger charge is -2.33. The SMILES string of the molecule is CCCOc1ccc(Cl)cc1NCC1CCCCN1C. The predicted molar refractivity (Wildman–Crippen MR) is 86.0 cm³/mol. The molecule has 4 heteroatoms. The summed E-state index contributed by atoms with van der Waals surface area (Å²) in [6.45, 7) is 4.99. The van der Waals surface area contributed by atoms with Crippen LogP contribution in [0, 0.1) is 0 Å². The summed E-state index contributed by atoms with van der Waals surface area (Å²) in [5.41, 5.74) is 1.00. The van der Waals surface area contributed by atoms with Gasteiger partial charge in [0.25, 0.3) is 0 Å². The Hall–Kier alpha value is -0.930. The lowest BCUT2D eigenvalue weighted by atomic mass is 10.0. The van der Waals surface area contributed by atoms with Crippen molar-refractivity contribution in [2.75, 3.05) is 32.1 Å². The van der Waals surface area contributed by atoms with Crippen molar-refractivity contribution in [1.29, 1.82) is 0 Å². The summed E-state index contributed by atoms with van der Waals surface area (Å²) in [5.74, 6) is 0.898. The second-order valence-corrected chi connectivity index (χ2v) is 5.94. The van der Waals surface area contributed by atoms with Crippen LogP contribution in [0.15, 0.2) is 18.2 Å². The van der Waals surface area contributed by atoms with Gasteiger partial charge in [-0.15, -0.1) is 0 Å². The van der Waals surface area contributed by atoms with Crippen molar-refractivity contribution in [3.8, 4) is 5.75 Å². The molecule has 0 bridgehead atoms. The van der Waals surface area contributed by atoms with Gasteiger partial charge in [0.15, 0.2) is 0 Å². The Morgan fingerprint density at radius 3 is 3.00 bits per heavy atom. The largest absolute Gasteiger partial charge is 0.491 e. The summed E-state index contributed by atoms with van der Waals surface area (Å²) >= 11 is 6.10. The van der Waals surface area contributed by atoms with Crippen LogP contribution in [0.5, 0.6) is 5.75 Å². The van der Waals surface area contributed by atoms with Gasteiger partial charge in [-0.1, -0.05) is 24.9 Å². The molecule has 3 nitrogen and oxygen atoms in total. The van der Waals surface area contributed by atoms with E-state index >= 15 is 0 Å². The van der Waals surface area contributed by atoms with E-state index in [4.69, 9.17) is 16.3 Å². The molecule has 0 amide bonds. The van der Waals surface area contributed by atoms with Crippen LogP contribution in [0.25, 0.3) is 0 Å². The minimum absolute atomic E-state index is 0.599. The van der Waals surface area contributed by atoms with Gasteiger partial charge in [0.2, 0.25) is 0 Å². The molecule has 2 rings (SSSR count). The van der Waals surface area contributed by atoms with E-state index in [1.54, 1.807) is 0 Å². The molecule has 1 fully saturated rings. The third kappa shape index (κ3) is 4.29. The van der Waals surface area contributed by atoms with Gasteiger partial charge in [-0.05, 0) is 51.1 Å². The molecular weight excluding hydrogens is 272 g/mol. The monoisotopic (exact) mass is 296 g/mol. The summed E-state index contributed by atoms with van der Waals surface area (Å²) < 4.78 is 5.77. The molecule has 1 aliphatic rings. The second kappa shape index (κ2) is 7.75. The number of nitrogens with zero attached hydrogens (tertiary/aromatic N) is 1. The highest BCUT2D eigenvalue weighted by Crippen LogP contribution is 2.28. The highest BCUT2D eigenvalue weighted by atomic mass is 35.5. The Kier molecular flexibility index (Phi) is 5.99. The molecule has 1 atom stereocenters. The minimum atomic E-state index is 0.599. The summed E-state index contributed by atoms with van der Waals surface area (Å²) in [6.07, 6.45) is 4.91. The van der Waals surface area contributed by atoms with Crippen molar-refractivity contribution >= 4 is 17.3 Å². The summed E-state index contributed by atoms with van der Waals surface area (Å²) in [6, 6.07) is 6.38. The quantitative estimate of drug-likeness (QED) is 0.858. The van der Waals surface area contributed by atoms with Crippen molar-refractivity contribution in [2.45, 2.75) is 38.6 Å². The molecular formula is C16H25ClN2O. The number of nitrogens with one attached hydrogen (secondary N) is 1. The van der Waals surface area contributed by atoms with E-state index < -0.39 is 0 Å². The van der Waals surface area contributed by atoms with Gasteiger partial charge in [-0.25, -0.2) is 0 Å². The standard InChI is InChI=1S/C16H25ClN2O/c1-3-10-20-16-8-7-13(17)11-15(16)18-12-14-6-4-5-9-19(14)2/h7-8,11,14,18H,3-6,9-10,12H2,1-2H3. The fourth-order valence-electron chi connectivity index (χ4n) is 2.61. The highest BCUT2D eigenvalue weighted by Gasteiger charge is 2.18. The fraction of sp³-hybridized carbons (Fsp3) is 0.625. The molecule has 112 valence electrons. The van der Waals surface area contributed by atoms with Crippen LogP contribution in [0.3, 0.4) is 0 Å². The average molecular weight is 297 g/mol. The first-order chi connectivity index (χ1) is 9.70. The van der Waals surface area contributed by atoms with Crippen molar-refractivity contribution < 1.29 is 4.74 Å². The number of hydrogen-bond acceptors (Lipinski definition) is 3. The van der Waals surface area contributed by atoms with Crippen molar-refractivity contribution in [1.82, 2.24) is 4.90 Å². The van der Waals surface area contributed by atoms with Gasteiger partial charge in [-0.2, -0.15) is 0 Å². The Labute approximate surface area is 127 Å². The van der Waals surface area contributed by atoms with Crippen molar-refractivity contribution in [3.05, 3.63) is 23.2 Å². The van der Waals surface area contributed by atoms with E-state index in [1.165, 1.54) is 25.8 Å². The Morgan fingerprint density at radius 1 is 1.40 bits per heavy atom. The summed E-state index contributed by atoms with van der Waals surface area (Å²) in [7, 11) is 2.21. The number of benzene rings is 1. The van der Waals surface area contributed by atoms with E-state index in [2.05, 4.69) is 24.2 Å². The fourth-order valence-corrected chi connectivity index (χ4v) is 2.78. The highest BCUT2D eigenvalue weighted by molar-refractivity contribution is 6.30. The molecule has 1 N–H and O–H groups in total. The zero-order chi connectivity index (χ0) is 14.4. The van der Waals surface area contributed by atoms with Gasteiger partial charge in [0, 0.05) is 17.6 Å². The van der Waals surface area contributed by atoms with Crippen LogP contribution in [0.4, 0.5) is 5.69 Å². The van der Waals surface area contributed by atoms with E-state index in [1.807, 2.05) is 18.2 Å². The van der Waals surface area contributed by atoms with Gasteiger partial charge in [0.05, 0.1) is 12.3 Å². The van der Waals surface area contributed by atoms with Crippen LogP contribution < -0.4 is 10.1 Å². The van der Waals surface area contributed by atoms with Gasteiger partial charge in [0.1, 0.15) is 5.75 Å². The number of ether oxygens (including phenoxy) is 1. The Bertz CT molecular complexity index is 425. The Morgan fingerprint density at radius 2 is 2.25 bits per heavy atom. The maximum Gasteiger partial charge on any atom is 0.142 e. The maximum atomic E-state index is 6.10. The number of rotatable bonds is 6. The van der Waals surface area contributed by atoms with Gasteiger partial charge in [-0.3, -0.25) is 0 Å². The first-order valence-corrected chi connectivity index (χ1v) is 7.95. The third-order valence-electron chi connectivity index (χ3n) is 3.85. The minimum Gasteiger partial charge on any atom is -0.491 e. The van der Waals surface area contributed by atoms with Crippen molar-refractivity contribution in [2.24, 2.45) is 0 Å². The molecule has 20 heavy (non-hydrogen) atoms. The maximum absolute atomic E-state index is 6.10. The molecule has 0 radical (unpaired) electrons. The van der Waals surface area contributed by atoms with E-state index in [9.17, 15) is 0 Å². The topological polar surface area (TPSA) is 24.5 Å². The lowest BCUT2D eigenvalue weighted by molar-refractivity contribution is 0.194. The van der Waals surface area contributed by atoms with Crippen LogP contribution in [0.1, 0.15) is 32.6 Å².